The van der Waals surface area contributed by atoms with E-state index >= 15 is 0 Å². The summed E-state index contributed by atoms with van der Waals surface area (Å²) >= 11 is 0. The Morgan fingerprint density at radius 1 is 1.35 bits per heavy atom. The molecule has 6 heteroatoms. The normalized spacial score (nSPS) is 10.0. The van der Waals surface area contributed by atoms with Gasteiger partial charge in [-0.1, -0.05) is 0 Å². The van der Waals surface area contributed by atoms with E-state index in [1.807, 2.05) is 0 Å². The second kappa shape index (κ2) is 4.65. The standard InChI is InChI=1S/C11H13N5O/c1-12-8-3-4-9(13-7-8)11(17)14-10-5-6-16(2)15-10/h3-7,12H,1-2H3,(H,14,15,17). The van der Waals surface area contributed by atoms with E-state index in [1.54, 1.807) is 49.4 Å². The lowest BCUT2D eigenvalue weighted by Gasteiger charge is -2.02. The molecule has 0 aromatic carbocycles. The molecule has 0 aliphatic rings. The van der Waals surface area contributed by atoms with Crippen LogP contribution in [0, 0.1) is 0 Å². The highest BCUT2D eigenvalue weighted by Gasteiger charge is 2.08. The molecule has 0 bridgehead atoms. The van der Waals surface area contributed by atoms with E-state index in [4.69, 9.17) is 0 Å². The molecule has 2 heterocycles. The van der Waals surface area contributed by atoms with Gasteiger partial charge >= 0.3 is 0 Å². The van der Waals surface area contributed by atoms with Crippen molar-refractivity contribution in [2.75, 3.05) is 17.7 Å². The first kappa shape index (κ1) is 11.1. The zero-order chi connectivity index (χ0) is 12.3. The number of hydrogen-bond donors (Lipinski definition) is 2. The van der Waals surface area contributed by atoms with Crippen LogP contribution in [0.5, 0.6) is 0 Å². The van der Waals surface area contributed by atoms with Gasteiger partial charge in [0.25, 0.3) is 5.91 Å². The van der Waals surface area contributed by atoms with E-state index in [2.05, 4.69) is 20.7 Å². The van der Waals surface area contributed by atoms with Crippen LogP contribution >= 0.6 is 0 Å². The summed E-state index contributed by atoms with van der Waals surface area (Å²) in [5, 5.41) is 9.65. The smallest absolute Gasteiger partial charge is 0.275 e. The van der Waals surface area contributed by atoms with Crippen LogP contribution in [0.2, 0.25) is 0 Å². The summed E-state index contributed by atoms with van der Waals surface area (Å²) in [7, 11) is 3.58. The maximum atomic E-state index is 11.8. The number of nitrogens with one attached hydrogen (secondary N) is 2. The molecule has 2 aromatic rings. The molecule has 0 spiro atoms. The van der Waals surface area contributed by atoms with Crippen molar-refractivity contribution in [1.29, 1.82) is 0 Å². The first-order valence-electron chi connectivity index (χ1n) is 5.14. The number of rotatable bonds is 3. The summed E-state index contributed by atoms with van der Waals surface area (Å²) in [6.07, 6.45) is 3.36. The third-order valence-corrected chi connectivity index (χ3v) is 2.24. The molecule has 17 heavy (non-hydrogen) atoms. The lowest BCUT2D eigenvalue weighted by atomic mass is 10.3. The minimum Gasteiger partial charge on any atom is -0.387 e. The molecule has 0 atom stereocenters. The third kappa shape index (κ3) is 2.60. The Bertz CT molecular complexity index is 517. The van der Waals surface area contributed by atoms with E-state index in [1.165, 1.54) is 0 Å². The van der Waals surface area contributed by atoms with Crippen molar-refractivity contribution in [2.24, 2.45) is 7.05 Å². The quantitative estimate of drug-likeness (QED) is 0.830. The number of hydrogen-bond acceptors (Lipinski definition) is 4. The Labute approximate surface area is 98.7 Å². The molecule has 2 rings (SSSR count). The van der Waals surface area contributed by atoms with Gasteiger partial charge in [0.2, 0.25) is 0 Å². The Kier molecular flexibility index (Phi) is 3.04. The Hall–Kier alpha value is -2.37. The lowest BCUT2D eigenvalue weighted by Crippen LogP contribution is -2.14. The minimum absolute atomic E-state index is 0.272. The van der Waals surface area contributed by atoms with Crippen LogP contribution in [0.15, 0.2) is 30.6 Å². The lowest BCUT2D eigenvalue weighted by molar-refractivity contribution is 0.102. The molecule has 0 aliphatic carbocycles. The van der Waals surface area contributed by atoms with Crippen molar-refractivity contribution < 1.29 is 4.79 Å². The van der Waals surface area contributed by atoms with Crippen molar-refractivity contribution in [3.8, 4) is 0 Å². The molecule has 0 aliphatic heterocycles. The van der Waals surface area contributed by atoms with Crippen LogP contribution in [0.3, 0.4) is 0 Å². The van der Waals surface area contributed by atoms with E-state index in [9.17, 15) is 4.79 Å². The molecule has 6 nitrogen and oxygen atoms in total. The monoisotopic (exact) mass is 231 g/mol. The fourth-order valence-electron chi connectivity index (χ4n) is 1.34. The molecule has 0 fully saturated rings. The highest BCUT2D eigenvalue weighted by atomic mass is 16.1. The zero-order valence-corrected chi connectivity index (χ0v) is 9.64. The molecule has 2 N–H and O–H groups in total. The maximum Gasteiger partial charge on any atom is 0.275 e. The van der Waals surface area contributed by atoms with Gasteiger partial charge in [-0.15, -0.1) is 0 Å². The number of carbonyl (C=O) groups is 1. The molecule has 88 valence electrons. The number of amides is 1. The summed E-state index contributed by atoms with van der Waals surface area (Å²) in [5.41, 5.74) is 1.22. The predicted molar refractivity (Wildman–Crippen MR) is 64.9 cm³/mol. The molecule has 1 amide bonds. The van der Waals surface area contributed by atoms with Gasteiger partial charge in [-0.05, 0) is 12.1 Å². The van der Waals surface area contributed by atoms with Crippen LogP contribution in [0.25, 0.3) is 0 Å². The molecular weight excluding hydrogens is 218 g/mol. The average Bonchev–Trinajstić information content (AvgIpc) is 2.75. The van der Waals surface area contributed by atoms with Gasteiger partial charge in [0.15, 0.2) is 5.82 Å². The largest absolute Gasteiger partial charge is 0.387 e. The molecule has 2 aromatic heterocycles. The Balaban J connectivity index is 2.09. The van der Waals surface area contributed by atoms with Crippen LogP contribution in [0.1, 0.15) is 10.5 Å². The first-order chi connectivity index (χ1) is 8.19. The number of pyridine rings is 1. The van der Waals surface area contributed by atoms with Crippen LogP contribution in [0.4, 0.5) is 11.5 Å². The van der Waals surface area contributed by atoms with Gasteiger partial charge in [-0.25, -0.2) is 4.98 Å². The van der Waals surface area contributed by atoms with Gasteiger partial charge in [0, 0.05) is 26.4 Å². The highest BCUT2D eigenvalue weighted by molar-refractivity contribution is 6.02. The van der Waals surface area contributed by atoms with Gasteiger partial charge in [0.1, 0.15) is 5.69 Å². The van der Waals surface area contributed by atoms with Crippen molar-refractivity contribution in [3.05, 3.63) is 36.3 Å². The van der Waals surface area contributed by atoms with Crippen molar-refractivity contribution >= 4 is 17.4 Å². The summed E-state index contributed by atoms with van der Waals surface area (Å²) < 4.78 is 1.62. The zero-order valence-electron chi connectivity index (χ0n) is 9.64. The Morgan fingerprint density at radius 2 is 2.18 bits per heavy atom. The topological polar surface area (TPSA) is 71.8 Å². The minimum atomic E-state index is -0.272. The molecule has 0 saturated heterocycles. The highest BCUT2D eigenvalue weighted by Crippen LogP contribution is 2.07. The van der Waals surface area contributed by atoms with Crippen LogP contribution in [-0.4, -0.2) is 27.7 Å². The molecule has 0 unspecified atom stereocenters. The molecular formula is C11H13N5O. The summed E-state index contributed by atoms with van der Waals surface area (Å²) in [6.45, 7) is 0. The van der Waals surface area contributed by atoms with E-state index in [0.29, 0.717) is 11.5 Å². The third-order valence-electron chi connectivity index (χ3n) is 2.24. The van der Waals surface area contributed by atoms with Gasteiger partial charge < -0.3 is 10.6 Å². The maximum absolute atomic E-state index is 11.8. The summed E-state index contributed by atoms with van der Waals surface area (Å²) in [6, 6.07) is 5.17. The second-order valence-corrected chi connectivity index (χ2v) is 3.51. The molecule has 0 saturated carbocycles. The van der Waals surface area contributed by atoms with Crippen molar-refractivity contribution in [2.45, 2.75) is 0 Å². The van der Waals surface area contributed by atoms with Gasteiger partial charge in [-0.2, -0.15) is 5.10 Å². The number of anilines is 2. The fraction of sp³-hybridized carbons (Fsp3) is 0.182. The van der Waals surface area contributed by atoms with Crippen LogP contribution < -0.4 is 10.6 Å². The second-order valence-electron chi connectivity index (χ2n) is 3.51. The summed E-state index contributed by atoms with van der Waals surface area (Å²) in [4.78, 5) is 15.8. The SMILES string of the molecule is CNc1ccc(C(=O)Nc2ccn(C)n2)nc1. The van der Waals surface area contributed by atoms with Crippen molar-refractivity contribution in [1.82, 2.24) is 14.8 Å². The van der Waals surface area contributed by atoms with E-state index < -0.39 is 0 Å². The number of nitrogens with zero attached hydrogens (tertiary/aromatic N) is 3. The predicted octanol–water partition coefficient (Wildman–Crippen LogP) is 1.11. The fourth-order valence-corrected chi connectivity index (χ4v) is 1.34. The summed E-state index contributed by atoms with van der Waals surface area (Å²) in [5.74, 6) is 0.239. The number of aromatic nitrogens is 3. The van der Waals surface area contributed by atoms with E-state index in [0.717, 1.165) is 5.69 Å². The van der Waals surface area contributed by atoms with Gasteiger partial charge in [0.05, 0.1) is 11.9 Å². The van der Waals surface area contributed by atoms with Crippen molar-refractivity contribution in [3.63, 3.8) is 0 Å². The average molecular weight is 231 g/mol. The molecule has 0 radical (unpaired) electrons. The first-order valence-corrected chi connectivity index (χ1v) is 5.14. The Morgan fingerprint density at radius 3 is 2.71 bits per heavy atom. The van der Waals surface area contributed by atoms with Gasteiger partial charge in [-0.3, -0.25) is 9.48 Å². The van der Waals surface area contributed by atoms with E-state index in [-0.39, 0.29) is 5.91 Å². The number of aryl methyl sites for hydroxylation is 1. The number of carbonyl (C=O) groups excluding carboxylic acids is 1. The van der Waals surface area contributed by atoms with Crippen LogP contribution in [-0.2, 0) is 7.05 Å².